The first-order valence-electron chi connectivity index (χ1n) is 13.3. The van der Waals surface area contributed by atoms with E-state index in [-0.39, 0.29) is 72.8 Å². The van der Waals surface area contributed by atoms with Gasteiger partial charge in [-0.15, -0.1) is 13.2 Å². The first-order valence-corrected chi connectivity index (χ1v) is 13.3. The van der Waals surface area contributed by atoms with Crippen LogP contribution in [0.25, 0.3) is 52.9 Å². The predicted molar refractivity (Wildman–Crippen MR) is 166 cm³/mol. The van der Waals surface area contributed by atoms with Crippen LogP contribution < -0.4 is 4.74 Å². The van der Waals surface area contributed by atoms with E-state index < -0.39 is 23.4 Å². The van der Waals surface area contributed by atoms with Crippen molar-refractivity contribution in [1.82, 2.24) is 0 Å². The normalized spacial score (nSPS) is 14.8. The van der Waals surface area contributed by atoms with Gasteiger partial charge in [0.25, 0.3) is 11.4 Å². The van der Waals surface area contributed by atoms with Crippen molar-refractivity contribution in [3.8, 4) is 30.0 Å². The first kappa shape index (κ1) is 31.6. The fraction of sp³-hybridized carbons (Fsp3) is 0.0556. The minimum atomic E-state index is -5.10. The Morgan fingerprint density at radius 1 is 0.708 bits per heavy atom. The summed E-state index contributed by atoms with van der Waals surface area (Å²) in [6.07, 6.45) is -5.10. The molecule has 3 aromatic rings. The number of nitriles is 4. The number of alkyl halides is 3. The molecule has 12 heteroatoms. The summed E-state index contributed by atoms with van der Waals surface area (Å²) < 4.78 is 42.9. The van der Waals surface area contributed by atoms with Crippen LogP contribution in [0.4, 0.5) is 18.9 Å². The molecule has 5 rings (SSSR count). The molecule has 0 aromatic heterocycles. The number of halogens is 3. The summed E-state index contributed by atoms with van der Waals surface area (Å²) in [7, 11) is 0. The topological polar surface area (TPSA) is 122 Å². The van der Waals surface area contributed by atoms with Gasteiger partial charge >= 0.3 is 6.36 Å². The van der Waals surface area contributed by atoms with E-state index in [2.05, 4.69) is 24.1 Å². The highest BCUT2D eigenvalue weighted by Gasteiger charge is 2.38. The molecular formula is C36H11F3N8O. The molecule has 0 spiro atoms. The summed E-state index contributed by atoms with van der Waals surface area (Å²) in [4.78, 5) is 14.0. The summed E-state index contributed by atoms with van der Waals surface area (Å²) in [6, 6.07) is 18.2. The summed E-state index contributed by atoms with van der Waals surface area (Å²) in [5.74, 6) is -0.798. The minimum Gasteiger partial charge on any atom is -0.404 e. The Kier molecular flexibility index (Phi) is 7.83. The van der Waals surface area contributed by atoms with E-state index >= 15 is 0 Å². The number of nitrogens with zero attached hydrogens (tertiary/aromatic N) is 8. The highest BCUT2D eigenvalue weighted by molar-refractivity contribution is 6.29. The Morgan fingerprint density at radius 3 is 1.83 bits per heavy atom. The van der Waals surface area contributed by atoms with Crippen molar-refractivity contribution in [2.45, 2.75) is 13.3 Å². The van der Waals surface area contributed by atoms with Crippen LogP contribution >= 0.6 is 0 Å². The van der Waals surface area contributed by atoms with Crippen LogP contribution in [0.3, 0.4) is 0 Å². The molecule has 9 nitrogen and oxygen atoms in total. The van der Waals surface area contributed by atoms with Gasteiger partial charge in [-0.05, 0) is 86.9 Å². The summed E-state index contributed by atoms with van der Waals surface area (Å²) in [5, 5.41) is 40.0. The summed E-state index contributed by atoms with van der Waals surface area (Å²) in [6.45, 7) is 32.8. The lowest BCUT2D eigenvalue weighted by Gasteiger charge is -2.14. The SMILES string of the molecule is [C-]#[N+]C1=C(c2ccc(C)c([N+]#[C-])c2)/C(=C(/C#N)[N+]#[C-])c2cc3c(cc21)C(C#N)=C(c1ccc(OC(F)(F)F)c(C#N)c1)/C3=C(\C#N)[N+]#[C-]. The number of fused-ring (bicyclic) bond motifs is 2. The molecule has 3 aromatic carbocycles. The van der Waals surface area contributed by atoms with Crippen molar-refractivity contribution >= 4 is 39.2 Å². The second-order valence-electron chi connectivity index (χ2n) is 10.0. The van der Waals surface area contributed by atoms with Gasteiger partial charge in [0.2, 0.25) is 5.70 Å². The fourth-order valence-electron chi connectivity index (χ4n) is 5.64. The third-order valence-electron chi connectivity index (χ3n) is 7.57. The molecule has 0 fully saturated rings. The lowest BCUT2D eigenvalue weighted by Crippen LogP contribution is -2.17. The maximum atomic E-state index is 13.0. The molecule has 0 heterocycles. The summed E-state index contributed by atoms with van der Waals surface area (Å²) in [5.41, 5.74) is 0.833. The van der Waals surface area contributed by atoms with Crippen LogP contribution in [0.2, 0.25) is 0 Å². The minimum absolute atomic E-state index is 0.0151. The molecule has 0 saturated carbocycles. The zero-order valence-electron chi connectivity index (χ0n) is 24.2. The van der Waals surface area contributed by atoms with Crippen LogP contribution in [0, 0.1) is 78.5 Å². The molecule has 0 radical (unpaired) electrons. The van der Waals surface area contributed by atoms with Crippen molar-refractivity contribution < 1.29 is 17.9 Å². The molecule has 222 valence electrons. The van der Waals surface area contributed by atoms with Crippen LogP contribution in [0.1, 0.15) is 44.5 Å². The maximum Gasteiger partial charge on any atom is 0.573 e. The van der Waals surface area contributed by atoms with E-state index in [4.69, 9.17) is 26.3 Å². The number of hydrogen-bond acceptors (Lipinski definition) is 5. The molecular weight excluding hydrogens is 617 g/mol. The van der Waals surface area contributed by atoms with Crippen LogP contribution in [0.15, 0.2) is 59.9 Å². The van der Waals surface area contributed by atoms with E-state index in [1.54, 1.807) is 31.2 Å². The Hall–Kier alpha value is -7.87. The number of hydrogen-bond donors (Lipinski definition) is 0. The van der Waals surface area contributed by atoms with Gasteiger partial charge in [0.05, 0.1) is 49.6 Å². The average molecular weight is 629 g/mol. The lowest BCUT2D eigenvalue weighted by atomic mass is 9.90. The molecule has 0 atom stereocenters. The number of allylic oxidation sites excluding steroid dienone is 7. The van der Waals surface area contributed by atoms with E-state index in [9.17, 15) is 34.2 Å². The molecule has 0 N–H and O–H groups in total. The molecule has 0 amide bonds. The van der Waals surface area contributed by atoms with Crippen LogP contribution in [-0.2, 0) is 0 Å². The van der Waals surface area contributed by atoms with E-state index in [1.165, 1.54) is 18.2 Å². The van der Waals surface area contributed by atoms with E-state index in [0.717, 1.165) is 18.2 Å². The van der Waals surface area contributed by atoms with Gasteiger partial charge in [-0.1, -0.05) is 24.3 Å². The lowest BCUT2D eigenvalue weighted by molar-refractivity contribution is -0.274. The number of aryl methyl sites for hydroxylation is 1. The van der Waals surface area contributed by atoms with Crippen LogP contribution in [-0.4, -0.2) is 6.36 Å². The monoisotopic (exact) mass is 628 g/mol. The molecule has 0 saturated heterocycles. The second-order valence-corrected chi connectivity index (χ2v) is 10.0. The second kappa shape index (κ2) is 11.9. The average Bonchev–Trinajstić information content (AvgIpc) is 3.56. The zero-order chi connectivity index (χ0) is 34.9. The smallest absolute Gasteiger partial charge is 0.404 e. The van der Waals surface area contributed by atoms with Gasteiger partial charge in [-0.2, -0.15) is 10.5 Å². The van der Waals surface area contributed by atoms with Crippen molar-refractivity contribution in [2.24, 2.45) is 0 Å². The Balaban J connectivity index is 1.89. The fourth-order valence-corrected chi connectivity index (χ4v) is 5.64. The molecule has 48 heavy (non-hydrogen) atoms. The Bertz CT molecular complexity index is 2480. The van der Waals surface area contributed by atoms with Crippen molar-refractivity contribution in [3.05, 3.63) is 150 Å². The molecule has 2 aliphatic carbocycles. The molecule has 2 aliphatic rings. The van der Waals surface area contributed by atoms with Gasteiger partial charge in [-0.25, -0.2) is 29.9 Å². The zero-order valence-corrected chi connectivity index (χ0v) is 24.2. The maximum absolute atomic E-state index is 13.0. The molecule has 0 aliphatic heterocycles. The quantitative estimate of drug-likeness (QED) is 0.212. The van der Waals surface area contributed by atoms with Crippen molar-refractivity contribution in [2.75, 3.05) is 0 Å². The van der Waals surface area contributed by atoms with Gasteiger partial charge in [0.1, 0.15) is 17.9 Å². The van der Waals surface area contributed by atoms with Crippen molar-refractivity contribution in [3.63, 3.8) is 0 Å². The number of ether oxygens (including phenoxy) is 1. The van der Waals surface area contributed by atoms with Crippen molar-refractivity contribution in [1.29, 1.82) is 21.0 Å². The largest absolute Gasteiger partial charge is 0.573 e. The predicted octanol–water partition coefficient (Wildman–Crippen LogP) is 8.87. The summed E-state index contributed by atoms with van der Waals surface area (Å²) >= 11 is 0. The first-order chi connectivity index (χ1) is 23.0. The van der Waals surface area contributed by atoms with E-state index in [0.29, 0.717) is 11.1 Å². The third kappa shape index (κ3) is 4.94. The Morgan fingerprint density at radius 2 is 1.29 bits per heavy atom. The van der Waals surface area contributed by atoms with Gasteiger partial charge < -0.3 is 4.74 Å². The van der Waals surface area contributed by atoms with Gasteiger partial charge in [0, 0.05) is 5.57 Å². The Labute approximate surface area is 271 Å². The third-order valence-corrected chi connectivity index (χ3v) is 7.57. The highest BCUT2D eigenvalue weighted by atomic mass is 19.4. The number of rotatable bonds is 3. The highest BCUT2D eigenvalue weighted by Crippen LogP contribution is 2.55. The van der Waals surface area contributed by atoms with Gasteiger partial charge in [0.15, 0.2) is 5.69 Å². The molecule has 0 unspecified atom stereocenters. The van der Waals surface area contributed by atoms with Gasteiger partial charge in [-0.3, -0.25) is 0 Å². The van der Waals surface area contributed by atoms with Crippen LogP contribution in [0.5, 0.6) is 5.75 Å². The number of benzene rings is 3. The molecule has 0 bridgehead atoms. The standard InChI is InChI=1S/C36H11F3N8O/c1-18-6-7-20(11-27(18)44-2)32-34(29(17-43)46-4)24-13-23-22(12-25(24)35(32)47-5)26(15-41)31(33(23)28(16-42)45-3)19-8-9-30(21(10-19)14-40)48-36(37,38)39/h6-13H,1H3/b33-28+,34-29-. The van der Waals surface area contributed by atoms with E-state index in [1.807, 2.05) is 12.1 Å².